The Morgan fingerprint density at radius 2 is 2.29 bits per heavy atom. The fraction of sp³-hybridized carbons (Fsp3) is 0.667. The average Bonchev–Trinajstić information content (AvgIpc) is 2.04. The number of carboxylic acid groups (broad SMARTS) is 1. The highest BCUT2D eigenvalue weighted by Gasteiger charge is 2.21. The molecule has 0 aliphatic carbocycles. The number of carboxylic acids is 1. The van der Waals surface area contributed by atoms with Gasteiger partial charge in [0.2, 0.25) is 0 Å². The Kier molecular flexibility index (Phi) is 5.64. The molecule has 5 heteroatoms. The molecule has 3 N–H and O–H groups in total. The van der Waals surface area contributed by atoms with Crippen LogP contribution in [0.2, 0.25) is 0 Å². The zero-order chi connectivity index (χ0) is 11.2. The Morgan fingerprint density at radius 3 is 2.64 bits per heavy atom. The van der Waals surface area contributed by atoms with Crippen molar-refractivity contribution < 1.29 is 14.1 Å². The summed E-state index contributed by atoms with van der Waals surface area (Å²) in [5, 5.41) is 8.61. The van der Waals surface area contributed by atoms with Crippen molar-refractivity contribution in [2.45, 2.75) is 19.4 Å². The van der Waals surface area contributed by atoms with Crippen molar-refractivity contribution >= 4 is 15.9 Å². The van der Waals surface area contributed by atoms with E-state index < -0.39 is 21.9 Å². The Labute approximate surface area is 85.6 Å². The summed E-state index contributed by atoms with van der Waals surface area (Å²) in [6.07, 6.45) is 2.35. The summed E-state index contributed by atoms with van der Waals surface area (Å²) in [5.41, 5.74) is 5.36. The lowest BCUT2D eigenvalue weighted by Gasteiger charge is -2.23. The Morgan fingerprint density at radius 1 is 1.71 bits per heavy atom. The molecule has 0 aromatic rings. The predicted molar refractivity (Wildman–Crippen MR) is 60.2 cm³/mol. The number of rotatable bonds is 7. The molecule has 0 spiro atoms. The van der Waals surface area contributed by atoms with Crippen LogP contribution < -0.4 is 5.73 Å². The monoisotopic (exact) mass is 221 g/mol. The molecular weight excluding hydrogens is 202 g/mol. The predicted octanol–water partition coefficient (Wildman–Crippen LogP) is 0.0110. The van der Waals surface area contributed by atoms with Gasteiger partial charge in [-0.25, -0.2) is 0 Å². The molecule has 0 unspecified atom stereocenters. The third-order valence-electron chi connectivity index (χ3n) is 1.94. The Hall–Kier alpha value is -0.680. The van der Waals surface area contributed by atoms with Gasteiger partial charge in [0.1, 0.15) is 6.04 Å². The van der Waals surface area contributed by atoms with Gasteiger partial charge >= 0.3 is 5.97 Å². The van der Waals surface area contributed by atoms with Crippen LogP contribution in [0.3, 0.4) is 0 Å². The first-order chi connectivity index (χ1) is 6.45. The summed E-state index contributed by atoms with van der Waals surface area (Å²) in [6.45, 7) is 5.44. The van der Waals surface area contributed by atoms with Gasteiger partial charge in [-0.15, -0.1) is 6.58 Å². The summed E-state index contributed by atoms with van der Waals surface area (Å²) in [5.74, 6) is -0.102. The molecule has 84 valence electrons. The lowest BCUT2D eigenvalue weighted by Crippen LogP contribution is -2.41. The van der Waals surface area contributed by atoms with Gasteiger partial charge in [0, 0.05) is 17.3 Å². The highest BCUT2D eigenvalue weighted by molar-refractivity contribution is 8.03. The first-order valence-corrected chi connectivity index (χ1v) is 6.88. The molecule has 0 saturated heterocycles. The van der Waals surface area contributed by atoms with Gasteiger partial charge in [-0.3, -0.25) is 9.00 Å². The van der Waals surface area contributed by atoms with E-state index in [0.717, 1.165) is 6.42 Å². The van der Waals surface area contributed by atoms with Gasteiger partial charge in [0.25, 0.3) is 0 Å². The first-order valence-electron chi connectivity index (χ1n) is 4.61. The molecular formula is C9H19NO3S. The van der Waals surface area contributed by atoms with Crippen molar-refractivity contribution in [1.29, 1.82) is 0 Å². The minimum absolute atomic E-state index is 0.0716. The van der Waals surface area contributed by atoms with E-state index in [2.05, 4.69) is 6.58 Å². The highest BCUT2D eigenvalue weighted by Crippen LogP contribution is 2.08. The van der Waals surface area contributed by atoms with E-state index in [4.69, 9.17) is 10.8 Å². The molecule has 0 aromatic heterocycles. The van der Waals surface area contributed by atoms with E-state index in [0.29, 0.717) is 11.5 Å². The maximum Gasteiger partial charge on any atom is 0.321 e. The molecule has 0 amide bonds. The van der Waals surface area contributed by atoms with E-state index >= 15 is 0 Å². The van der Waals surface area contributed by atoms with E-state index in [1.807, 2.05) is 6.92 Å². The van der Waals surface area contributed by atoms with Crippen LogP contribution in [-0.2, 0) is 14.7 Å². The molecule has 0 radical (unpaired) electrons. The van der Waals surface area contributed by atoms with Crippen molar-refractivity contribution in [3.8, 4) is 0 Å². The van der Waals surface area contributed by atoms with E-state index in [9.17, 15) is 9.00 Å². The standard InChI is InChI=1S/C9H19NO3S/c1-3-5-14(13,6-4-2)7-8(10)9(11)12/h3,8,14H,1,4-7,10H2,2H3,(H,11,12)/t8-/m0/s1. The average molecular weight is 221 g/mol. The number of hydrogen-bond donors (Lipinski definition) is 3. The van der Waals surface area contributed by atoms with Gasteiger partial charge in [-0.1, -0.05) is 22.9 Å². The molecule has 0 aliphatic rings. The smallest absolute Gasteiger partial charge is 0.321 e. The molecule has 0 rings (SSSR count). The van der Waals surface area contributed by atoms with E-state index in [-0.39, 0.29) is 5.75 Å². The van der Waals surface area contributed by atoms with E-state index in [1.54, 1.807) is 6.08 Å². The van der Waals surface area contributed by atoms with Crippen LogP contribution in [0.25, 0.3) is 0 Å². The van der Waals surface area contributed by atoms with Crippen molar-refractivity contribution in [2.75, 3.05) is 17.3 Å². The molecule has 0 heterocycles. The molecule has 0 aromatic carbocycles. The second-order valence-electron chi connectivity index (χ2n) is 3.38. The second-order valence-corrected chi connectivity index (χ2v) is 6.67. The Balaban J connectivity index is 4.43. The summed E-state index contributed by atoms with van der Waals surface area (Å²) in [4.78, 5) is 10.5. The van der Waals surface area contributed by atoms with Crippen molar-refractivity contribution in [3.63, 3.8) is 0 Å². The zero-order valence-corrected chi connectivity index (χ0v) is 9.37. The minimum Gasteiger partial charge on any atom is -0.480 e. The van der Waals surface area contributed by atoms with Crippen LogP contribution in [0.5, 0.6) is 0 Å². The topological polar surface area (TPSA) is 80.4 Å². The highest BCUT2D eigenvalue weighted by atomic mass is 32.2. The Bertz CT molecular complexity index is 252. The molecule has 0 saturated carbocycles. The summed E-state index contributed by atoms with van der Waals surface area (Å²) in [7, 11) is -2.45. The molecule has 1 atom stereocenters. The van der Waals surface area contributed by atoms with Gasteiger partial charge in [0.05, 0.1) is 0 Å². The zero-order valence-electron chi connectivity index (χ0n) is 8.48. The summed E-state index contributed by atoms with van der Waals surface area (Å²) >= 11 is 0. The van der Waals surface area contributed by atoms with Crippen LogP contribution >= 0.6 is 0 Å². The lowest BCUT2D eigenvalue weighted by atomic mass is 10.4. The summed E-state index contributed by atoms with van der Waals surface area (Å²) in [6, 6.07) is -1.02. The lowest BCUT2D eigenvalue weighted by molar-refractivity contribution is -0.137. The van der Waals surface area contributed by atoms with Crippen molar-refractivity contribution in [1.82, 2.24) is 0 Å². The maximum absolute atomic E-state index is 12.1. The van der Waals surface area contributed by atoms with Gasteiger partial charge in [0.15, 0.2) is 0 Å². The quantitative estimate of drug-likeness (QED) is 0.418. The molecule has 0 aliphatic heterocycles. The number of nitrogens with two attached hydrogens (primary N) is 1. The molecule has 0 bridgehead atoms. The SMILES string of the molecule is C=CC[SH](=O)(CCC)C[C@H](N)C(=O)O. The second kappa shape index (κ2) is 5.93. The van der Waals surface area contributed by atoms with Crippen molar-refractivity contribution in [2.24, 2.45) is 5.73 Å². The maximum atomic E-state index is 12.1. The van der Waals surface area contributed by atoms with Gasteiger partial charge < -0.3 is 10.8 Å². The fourth-order valence-electron chi connectivity index (χ4n) is 1.34. The minimum atomic E-state index is -2.45. The third-order valence-corrected chi connectivity index (χ3v) is 5.18. The number of aliphatic carboxylic acids is 1. The third kappa shape index (κ3) is 4.53. The van der Waals surface area contributed by atoms with Crippen LogP contribution in [0.1, 0.15) is 13.3 Å². The van der Waals surface area contributed by atoms with E-state index in [1.165, 1.54) is 0 Å². The van der Waals surface area contributed by atoms with Gasteiger partial charge in [-0.2, -0.15) is 0 Å². The van der Waals surface area contributed by atoms with Crippen molar-refractivity contribution in [3.05, 3.63) is 12.7 Å². The number of thiol groups is 1. The fourth-order valence-corrected chi connectivity index (χ4v) is 4.01. The molecule has 0 fully saturated rings. The van der Waals surface area contributed by atoms with Gasteiger partial charge in [-0.05, 0) is 6.42 Å². The first kappa shape index (κ1) is 13.3. The van der Waals surface area contributed by atoms with Crippen LogP contribution in [-0.4, -0.2) is 38.6 Å². The molecule has 4 nitrogen and oxygen atoms in total. The largest absolute Gasteiger partial charge is 0.480 e. The normalized spacial score (nSPS) is 14.7. The number of carbonyl (C=O) groups is 1. The summed E-state index contributed by atoms with van der Waals surface area (Å²) < 4.78 is 12.1. The number of hydrogen-bond acceptors (Lipinski definition) is 3. The van der Waals surface area contributed by atoms with Crippen LogP contribution in [0.15, 0.2) is 12.7 Å². The van der Waals surface area contributed by atoms with Crippen LogP contribution in [0, 0.1) is 0 Å². The van der Waals surface area contributed by atoms with Crippen LogP contribution in [0.4, 0.5) is 0 Å². The molecule has 14 heavy (non-hydrogen) atoms.